The van der Waals surface area contributed by atoms with Gasteiger partial charge in [-0.25, -0.2) is 8.42 Å². The largest absolute Gasteiger partial charge is 0.497 e. The molecule has 2 heterocycles. The summed E-state index contributed by atoms with van der Waals surface area (Å²) in [5.41, 5.74) is 4.82. The first kappa shape index (κ1) is 28.2. The van der Waals surface area contributed by atoms with Crippen molar-refractivity contribution in [1.29, 1.82) is 0 Å². The number of ether oxygens (including phenoxy) is 2. The number of methoxy groups -OCH3 is 2. The molecule has 0 aliphatic carbocycles. The molecule has 1 aromatic heterocycles. The third-order valence-corrected chi connectivity index (χ3v) is 8.86. The van der Waals surface area contributed by atoms with E-state index in [1.807, 2.05) is 96.4 Å². The minimum absolute atomic E-state index is 0.129. The first-order valence-electron chi connectivity index (χ1n) is 13.3. The Labute approximate surface area is 241 Å². The van der Waals surface area contributed by atoms with Gasteiger partial charge < -0.3 is 18.9 Å². The van der Waals surface area contributed by atoms with E-state index in [4.69, 9.17) is 9.47 Å². The third-order valence-electron chi connectivity index (χ3n) is 7.29. The van der Waals surface area contributed by atoms with E-state index >= 15 is 0 Å². The van der Waals surface area contributed by atoms with Crippen LogP contribution in [0.4, 0.5) is 0 Å². The molecular weight excluding hydrogens is 538 g/mol. The predicted molar refractivity (Wildman–Crippen MR) is 161 cm³/mol. The van der Waals surface area contributed by atoms with Gasteiger partial charge >= 0.3 is 0 Å². The Kier molecular flexibility index (Phi) is 8.28. The monoisotopic (exact) mass is 571 g/mol. The maximum Gasteiger partial charge on any atom is 0.255 e. The van der Waals surface area contributed by atoms with E-state index in [0.717, 1.165) is 34.0 Å². The number of hydrogen-bond donors (Lipinski definition) is 0. The second-order valence-corrected chi connectivity index (χ2v) is 11.6. The molecule has 0 radical (unpaired) electrons. The van der Waals surface area contributed by atoms with Gasteiger partial charge in [0.05, 0.1) is 25.5 Å². The lowest BCUT2D eigenvalue weighted by molar-refractivity contribution is 0.0698. The molecule has 1 fully saturated rings. The number of benzene rings is 3. The van der Waals surface area contributed by atoms with Crippen molar-refractivity contribution in [1.82, 2.24) is 13.8 Å². The van der Waals surface area contributed by atoms with E-state index in [2.05, 4.69) is 0 Å². The van der Waals surface area contributed by atoms with E-state index in [1.54, 1.807) is 25.2 Å². The second kappa shape index (κ2) is 12.0. The number of rotatable bonds is 8. The Morgan fingerprint density at radius 1 is 0.805 bits per heavy atom. The van der Waals surface area contributed by atoms with Crippen LogP contribution in [0.2, 0.25) is 0 Å². The number of piperazine rings is 1. The predicted octanol–water partition coefficient (Wildman–Crippen LogP) is 5.23. The minimum atomic E-state index is -3.60. The molecule has 0 bridgehead atoms. The molecule has 9 heteroatoms. The fraction of sp³-hybridized carbons (Fsp3) is 0.219. The summed E-state index contributed by atoms with van der Waals surface area (Å²) in [5.74, 6) is 1.33. The fourth-order valence-corrected chi connectivity index (χ4v) is 6.18. The highest BCUT2D eigenvalue weighted by Crippen LogP contribution is 2.32. The summed E-state index contributed by atoms with van der Waals surface area (Å²) >= 11 is 0. The Morgan fingerprint density at radius 2 is 1.49 bits per heavy atom. The second-order valence-electron chi connectivity index (χ2n) is 9.74. The Morgan fingerprint density at radius 3 is 2.15 bits per heavy atom. The normalized spacial score (nSPS) is 14.4. The van der Waals surface area contributed by atoms with Crippen molar-refractivity contribution < 1.29 is 22.7 Å². The first-order chi connectivity index (χ1) is 19.8. The van der Waals surface area contributed by atoms with Crippen LogP contribution in [-0.4, -0.2) is 68.5 Å². The molecule has 0 spiro atoms. The summed E-state index contributed by atoms with van der Waals surface area (Å²) in [6.45, 7) is 2.99. The average molecular weight is 572 g/mol. The lowest BCUT2D eigenvalue weighted by atomic mass is 10.1. The van der Waals surface area contributed by atoms with Crippen LogP contribution in [0, 0.1) is 6.92 Å². The molecule has 8 nitrogen and oxygen atoms in total. The van der Waals surface area contributed by atoms with Gasteiger partial charge in [-0.15, -0.1) is 0 Å². The first-order valence-corrected chi connectivity index (χ1v) is 14.8. The third kappa shape index (κ3) is 6.06. The molecule has 0 saturated carbocycles. The number of carbonyl (C=O) groups is 1. The lowest BCUT2D eigenvalue weighted by Gasteiger charge is -2.33. The molecule has 4 aromatic rings. The molecule has 1 amide bonds. The summed E-state index contributed by atoms with van der Waals surface area (Å²) in [5, 5.41) is 1.24. The van der Waals surface area contributed by atoms with E-state index in [0.29, 0.717) is 24.4 Å². The van der Waals surface area contributed by atoms with Gasteiger partial charge in [0.15, 0.2) is 0 Å². The Bertz CT molecular complexity index is 1650. The number of nitrogens with zero attached hydrogens (tertiary/aromatic N) is 3. The van der Waals surface area contributed by atoms with Crippen LogP contribution in [0.25, 0.3) is 23.0 Å². The maximum absolute atomic E-state index is 13.8. The molecule has 5 rings (SSSR count). The standard InChI is InChI=1S/C32H33N3O5S/c1-24-30(32(36)33-17-19-34(20-18-33)41(37,38)21-16-25-8-5-4-6-9-25)23-31(26-12-14-28(39-2)15-13-26)35(24)27-10-7-11-29(22-27)40-3/h4-16,21-23H,17-20H2,1-3H3. The maximum atomic E-state index is 13.8. The van der Waals surface area contributed by atoms with Gasteiger partial charge in [0, 0.05) is 49.0 Å². The van der Waals surface area contributed by atoms with Crippen molar-refractivity contribution in [3.63, 3.8) is 0 Å². The molecule has 1 saturated heterocycles. The smallest absolute Gasteiger partial charge is 0.255 e. The summed E-state index contributed by atoms with van der Waals surface area (Å²) in [6, 6.07) is 26.6. The summed E-state index contributed by atoms with van der Waals surface area (Å²) in [4.78, 5) is 15.6. The topological polar surface area (TPSA) is 81.1 Å². The number of sulfonamides is 1. The molecular formula is C32H33N3O5S. The van der Waals surface area contributed by atoms with Gasteiger partial charge in [0.2, 0.25) is 10.0 Å². The molecule has 0 unspecified atom stereocenters. The van der Waals surface area contributed by atoms with Gasteiger partial charge in [-0.2, -0.15) is 4.31 Å². The van der Waals surface area contributed by atoms with Crippen LogP contribution in [0.15, 0.2) is 90.3 Å². The van der Waals surface area contributed by atoms with Crippen molar-refractivity contribution in [3.05, 3.63) is 107 Å². The van der Waals surface area contributed by atoms with Crippen LogP contribution >= 0.6 is 0 Å². The van der Waals surface area contributed by atoms with Gasteiger partial charge in [0.1, 0.15) is 11.5 Å². The zero-order valence-corrected chi connectivity index (χ0v) is 24.2. The van der Waals surface area contributed by atoms with E-state index in [9.17, 15) is 13.2 Å². The lowest BCUT2D eigenvalue weighted by Crippen LogP contribution is -2.50. The van der Waals surface area contributed by atoms with Crippen molar-refractivity contribution in [2.24, 2.45) is 0 Å². The highest BCUT2D eigenvalue weighted by atomic mass is 32.2. The number of amides is 1. The average Bonchev–Trinajstić information content (AvgIpc) is 3.37. The van der Waals surface area contributed by atoms with Crippen molar-refractivity contribution >= 4 is 22.0 Å². The minimum Gasteiger partial charge on any atom is -0.497 e. The Hall–Kier alpha value is -4.34. The van der Waals surface area contributed by atoms with E-state index < -0.39 is 10.0 Å². The Balaban J connectivity index is 1.40. The number of carbonyl (C=O) groups excluding carboxylic acids is 1. The SMILES string of the molecule is COc1ccc(-c2cc(C(=O)N3CCN(S(=O)(=O)C=Cc4ccccc4)CC3)c(C)n2-c2cccc(OC)c2)cc1. The highest BCUT2D eigenvalue weighted by molar-refractivity contribution is 7.92. The fourth-order valence-electron chi connectivity index (χ4n) is 5.01. The van der Waals surface area contributed by atoms with Crippen LogP contribution < -0.4 is 9.47 Å². The summed E-state index contributed by atoms with van der Waals surface area (Å²) < 4.78 is 40.1. The van der Waals surface area contributed by atoms with Gasteiger partial charge in [0.25, 0.3) is 5.91 Å². The van der Waals surface area contributed by atoms with Crippen molar-refractivity contribution in [3.8, 4) is 28.4 Å². The summed E-state index contributed by atoms with van der Waals surface area (Å²) in [7, 11) is -0.354. The van der Waals surface area contributed by atoms with Crippen molar-refractivity contribution in [2.75, 3.05) is 40.4 Å². The molecule has 0 N–H and O–H groups in total. The molecule has 1 aliphatic rings. The van der Waals surface area contributed by atoms with Crippen LogP contribution in [0.1, 0.15) is 21.6 Å². The van der Waals surface area contributed by atoms with Gasteiger partial charge in [-0.05, 0) is 66.6 Å². The molecule has 212 valence electrons. The van der Waals surface area contributed by atoms with Crippen LogP contribution in [0.3, 0.4) is 0 Å². The highest BCUT2D eigenvalue weighted by Gasteiger charge is 2.30. The number of hydrogen-bond acceptors (Lipinski definition) is 5. The van der Waals surface area contributed by atoms with Gasteiger partial charge in [-0.1, -0.05) is 36.4 Å². The molecule has 3 aromatic carbocycles. The number of aromatic nitrogens is 1. The van der Waals surface area contributed by atoms with Crippen molar-refractivity contribution in [2.45, 2.75) is 6.92 Å². The zero-order valence-electron chi connectivity index (χ0n) is 23.4. The van der Waals surface area contributed by atoms with Crippen LogP contribution in [-0.2, 0) is 10.0 Å². The summed E-state index contributed by atoms with van der Waals surface area (Å²) in [6.07, 6.45) is 1.60. The molecule has 41 heavy (non-hydrogen) atoms. The van der Waals surface area contributed by atoms with E-state index in [1.165, 1.54) is 9.71 Å². The quantitative estimate of drug-likeness (QED) is 0.289. The zero-order chi connectivity index (χ0) is 29.0. The van der Waals surface area contributed by atoms with Gasteiger partial charge in [-0.3, -0.25) is 4.79 Å². The molecule has 1 aliphatic heterocycles. The van der Waals surface area contributed by atoms with Crippen LogP contribution in [0.5, 0.6) is 11.5 Å². The van der Waals surface area contributed by atoms with E-state index in [-0.39, 0.29) is 19.0 Å². The molecule has 0 atom stereocenters.